The van der Waals surface area contributed by atoms with Gasteiger partial charge in [-0.2, -0.15) is 0 Å². The highest BCUT2D eigenvalue weighted by Crippen LogP contribution is 2.51. The summed E-state index contributed by atoms with van der Waals surface area (Å²) in [5.41, 5.74) is 7.51. The van der Waals surface area contributed by atoms with E-state index >= 15 is 0 Å². The van der Waals surface area contributed by atoms with Crippen LogP contribution in [0.2, 0.25) is 0 Å². The maximum Gasteiger partial charge on any atom is 0.126 e. The SMILES string of the molecule is COc1cccc(C2(CN)CC2)c1C(C)F. The van der Waals surface area contributed by atoms with Crippen molar-refractivity contribution in [2.75, 3.05) is 13.7 Å². The van der Waals surface area contributed by atoms with Crippen LogP contribution in [0.3, 0.4) is 0 Å². The summed E-state index contributed by atoms with van der Waals surface area (Å²) in [4.78, 5) is 0. The molecule has 1 aromatic rings. The molecule has 1 atom stereocenters. The third-order valence-corrected chi connectivity index (χ3v) is 3.50. The molecule has 16 heavy (non-hydrogen) atoms. The Labute approximate surface area is 95.6 Å². The zero-order chi connectivity index (χ0) is 11.8. The van der Waals surface area contributed by atoms with Gasteiger partial charge in [0.05, 0.1) is 7.11 Å². The van der Waals surface area contributed by atoms with E-state index in [0.717, 1.165) is 18.4 Å². The minimum atomic E-state index is -1.02. The molecule has 0 heterocycles. The fourth-order valence-electron chi connectivity index (χ4n) is 2.33. The predicted octanol–water partition coefficient (Wildman–Crippen LogP) is 2.72. The van der Waals surface area contributed by atoms with Crippen molar-refractivity contribution in [1.82, 2.24) is 0 Å². The molecule has 0 amide bonds. The van der Waals surface area contributed by atoms with Crippen molar-refractivity contribution in [1.29, 1.82) is 0 Å². The van der Waals surface area contributed by atoms with E-state index in [1.807, 2.05) is 18.2 Å². The molecule has 1 aliphatic rings. The standard InChI is InChI=1S/C13H18FNO/c1-9(14)12-10(13(8-15)6-7-13)4-3-5-11(12)16-2/h3-5,9H,6-8,15H2,1-2H3. The highest BCUT2D eigenvalue weighted by atomic mass is 19.1. The summed E-state index contributed by atoms with van der Waals surface area (Å²) in [7, 11) is 1.58. The maximum atomic E-state index is 13.7. The Balaban J connectivity index is 2.52. The molecule has 0 bridgehead atoms. The maximum absolute atomic E-state index is 13.7. The van der Waals surface area contributed by atoms with Gasteiger partial charge in [-0.3, -0.25) is 0 Å². The lowest BCUT2D eigenvalue weighted by Gasteiger charge is -2.21. The van der Waals surface area contributed by atoms with Crippen molar-refractivity contribution in [2.24, 2.45) is 5.73 Å². The fraction of sp³-hybridized carbons (Fsp3) is 0.538. The Morgan fingerprint density at radius 1 is 1.50 bits per heavy atom. The van der Waals surface area contributed by atoms with E-state index in [-0.39, 0.29) is 5.41 Å². The van der Waals surface area contributed by atoms with Crippen molar-refractivity contribution in [2.45, 2.75) is 31.4 Å². The second-order valence-corrected chi connectivity index (χ2v) is 4.52. The summed E-state index contributed by atoms with van der Waals surface area (Å²) in [5, 5.41) is 0. The van der Waals surface area contributed by atoms with E-state index in [4.69, 9.17) is 10.5 Å². The quantitative estimate of drug-likeness (QED) is 0.851. The molecule has 0 radical (unpaired) electrons. The number of alkyl halides is 1. The molecular weight excluding hydrogens is 205 g/mol. The first kappa shape index (κ1) is 11.4. The first-order valence-electron chi connectivity index (χ1n) is 5.66. The molecule has 2 N–H and O–H groups in total. The minimum absolute atomic E-state index is 0.00419. The van der Waals surface area contributed by atoms with Gasteiger partial charge in [-0.05, 0) is 31.4 Å². The monoisotopic (exact) mass is 223 g/mol. The molecule has 3 heteroatoms. The van der Waals surface area contributed by atoms with Crippen molar-refractivity contribution in [3.8, 4) is 5.75 Å². The zero-order valence-electron chi connectivity index (χ0n) is 9.79. The first-order valence-corrected chi connectivity index (χ1v) is 5.66. The molecule has 0 aliphatic heterocycles. The van der Waals surface area contributed by atoms with Gasteiger partial charge in [0, 0.05) is 17.5 Å². The molecule has 1 saturated carbocycles. The topological polar surface area (TPSA) is 35.2 Å². The Bertz CT molecular complexity index is 386. The average molecular weight is 223 g/mol. The molecular formula is C13H18FNO. The third kappa shape index (κ3) is 1.69. The van der Waals surface area contributed by atoms with Crippen LogP contribution in [0.25, 0.3) is 0 Å². The molecule has 1 aromatic carbocycles. The Hall–Kier alpha value is -1.09. The van der Waals surface area contributed by atoms with Crippen LogP contribution in [0, 0.1) is 0 Å². The lowest BCUT2D eigenvalue weighted by Crippen LogP contribution is -2.21. The van der Waals surface area contributed by atoms with Crippen LogP contribution in [0.4, 0.5) is 4.39 Å². The summed E-state index contributed by atoms with van der Waals surface area (Å²) < 4.78 is 18.9. The Kier molecular flexibility index (Phi) is 2.89. The van der Waals surface area contributed by atoms with Crippen LogP contribution < -0.4 is 10.5 Å². The van der Waals surface area contributed by atoms with Gasteiger partial charge >= 0.3 is 0 Å². The van der Waals surface area contributed by atoms with Crippen LogP contribution in [0.5, 0.6) is 5.75 Å². The molecule has 2 rings (SSSR count). The second kappa shape index (κ2) is 4.06. The first-order chi connectivity index (χ1) is 7.64. The van der Waals surface area contributed by atoms with Crippen LogP contribution in [-0.2, 0) is 5.41 Å². The highest BCUT2D eigenvalue weighted by molar-refractivity contribution is 5.48. The third-order valence-electron chi connectivity index (χ3n) is 3.50. The second-order valence-electron chi connectivity index (χ2n) is 4.52. The molecule has 1 fully saturated rings. The largest absolute Gasteiger partial charge is 0.496 e. The average Bonchev–Trinajstić information content (AvgIpc) is 3.08. The Morgan fingerprint density at radius 3 is 2.62 bits per heavy atom. The predicted molar refractivity (Wildman–Crippen MR) is 62.5 cm³/mol. The van der Waals surface area contributed by atoms with Gasteiger partial charge in [0.2, 0.25) is 0 Å². The smallest absolute Gasteiger partial charge is 0.126 e. The number of halogens is 1. The molecule has 0 spiro atoms. The van der Waals surface area contributed by atoms with Crippen molar-refractivity contribution in [3.63, 3.8) is 0 Å². The fourth-order valence-corrected chi connectivity index (χ4v) is 2.33. The van der Waals surface area contributed by atoms with Gasteiger partial charge in [0.15, 0.2) is 0 Å². The molecule has 0 saturated heterocycles. The van der Waals surface area contributed by atoms with E-state index in [0.29, 0.717) is 17.9 Å². The van der Waals surface area contributed by atoms with Gasteiger partial charge in [0.25, 0.3) is 0 Å². The van der Waals surface area contributed by atoms with Crippen LogP contribution in [0.1, 0.15) is 37.1 Å². The Morgan fingerprint density at radius 2 is 2.19 bits per heavy atom. The van der Waals surface area contributed by atoms with E-state index in [1.54, 1.807) is 14.0 Å². The summed E-state index contributed by atoms with van der Waals surface area (Å²) >= 11 is 0. The van der Waals surface area contributed by atoms with Gasteiger partial charge in [-0.1, -0.05) is 12.1 Å². The molecule has 0 aromatic heterocycles. The van der Waals surface area contributed by atoms with Crippen LogP contribution in [-0.4, -0.2) is 13.7 Å². The number of hydrogen-bond donors (Lipinski definition) is 1. The van der Waals surface area contributed by atoms with Gasteiger partial charge in [-0.15, -0.1) is 0 Å². The van der Waals surface area contributed by atoms with Gasteiger partial charge in [0.1, 0.15) is 11.9 Å². The van der Waals surface area contributed by atoms with Crippen LogP contribution >= 0.6 is 0 Å². The normalized spacial score (nSPS) is 19.2. The van der Waals surface area contributed by atoms with E-state index in [9.17, 15) is 4.39 Å². The van der Waals surface area contributed by atoms with Crippen molar-refractivity contribution < 1.29 is 9.13 Å². The van der Waals surface area contributed by atoms with Crippen molar-refractivity contribution >= 4 is 0 Å². The number of rotatable bonds is 4. The van der Waals surface area contributed by atoms with Crippen molar-refractivity contribution in [3.05, 3.63) is 29.3 Å². The number of nitrogens with two attached hydrogens (primary N) is 1. The number of benzene rings is 1. The van der Waals surface area contributed by atoms with E-state index in [1.165, 1.54) is 0 Å². The minimum Gasteiger partial charge on any atom is -0.496 e. The molecule has 1 unspecified atom stereocenters. The zero-order valence-corrected chi connectivity index (χ0v) is 9.79. The number of methoxy groups -OCH3 is 1. The molecule has 1 aliphatic carbocycles. The highest BCUT2D eigenvalue weighted by Gasteiger charge is 2.45. The van der Waals surface area contributed by atoms with Gasteiger partial charge in [-0.25, -0.2) is 4.39 Å². The summed E-state index contributed by atoms with van der Waals surface area (Å²) in [6.07, 6.45) is 1.09. The number of ether oxygens (including phenoxy) is 1. The molecule has 88 valence electrons. The summed E-state index contributed by atoms with van der Waals surface area (Å²) in [5.74, 6) is 0.632. The van der Waals surface area contributed by atoms with Crippen LogP contribution in [0.15, 0.2) is 18.2 Å². The number of hydrogen-bond acceptors (Lipinski definition) is 2. The summed E-state index contributed by atoms with van der Waals surface area (Å²) in [6, 6.07) is 5.70. The lowest BCUT2D eigenvalue weighted by atomic mass is 9.89. The summed E-state index contributed by atoms with van der Waals surface area (Å²) in [6.45, 7) is 2.13. The lowest BCUT2D eigenvalue weighted by molar-refractivity contribution is 0.342. The molecule has 2 nitrogen and oxygen atoms in total. The van der Waals surface area contributed by atoms with E-state index in [2.05, 4.69) is 0 Å². The van der Waals surface area contributed by atoms with Gasteiger partial charge < -0.3 is 10.5 Å². The van der Waals surface area contributed by atoms with E-state index < -0.39 is 6.17 Å².